The van der Waals surface area contributed by atoms with Gasteiger partial charge in [-0.1, -0.05) is 0 Å². The number of nitrogens with one attached hydrogen (secondary N) is 2. The molecule has 1 atom stereocenters. The lowest BCUT2D eigenvalue weighted by molar-refractivity contribution is 0.0507. The normalized spacial score (nSPS) is 16.6. The average Bonchev–Trinajstić information content (AvgIpc) is 3.06. The predicted molar refractivity (Wildman–Crippen MR) is 121 cm³/mol. The smallest absolute Gasteiger partial charge is 0.407 e. The van der Waals surface area contributed by atoms with Crippen LogP contribution < -0.4 is 10.6 Å². The SMILES string of the molecule is CCNC(=NCc1cc(C#N)ccc1F)N1CCC(NC(=O)OC(C)(C)C)C1.I. The minimum atomic E-state index is -0.541. The quantitative estimate of drug-likeness (QED) is 0.363. The number of rotatable bonds is 4. The van der Waals surface area contributed by atoms with Gasteiger partial charge in [0.05, 0.1) is 24.2 Å². The molecule has 1 aliphatic rings. The number of likely N-dealkylation sites (tertiary alicyclic amines) is 1. The first kappa shape index (κ1) is 24.9. The number of nitrogens with zero attached hydrogens (tertiary/aromatic N) is 3. The van der Waals surface area contributed by atoms with Crippen molar-refractivity contribution in [2.45, 2.75) is 52.3 Å². The number of carbonyl (C=O) groups is 1. The van der Waals surface area contributed by atoms with E-state index in [0.717, 1.165) is 6.42 Å². The summed E-state index contributed by atoms with van der Waals surface area (Å²) in [5.74, 6) is 0.266. The Bertz CT molecular complexity index is 773. The first-order valence-electron chi connectivity index (χ1n) is 9.43. The molecule has 1 unspecified atom stereocenters. The van der Waals surface area contributed by atoms with Crippen molar-refractivity contribution in [3.05, 3.63) is 35.1 Å². The van der Waals surface area contributed by atoms with Crippen molar-refractivity contribution in [1.29, 1.82) is 5.26 Å². The number of hydrogen-bond donors (Lipinski definition) is 2. The number of alkyl carbamates (subject to hydrolysis) is 1. The van der Waals surface area contributed by atoms with Crippen LogP contribution in [0.4, 0.5) is 9.18 Å². The molecule has 0 bridgehead atoms. The van der Waals surface area contributed by atoms with Crippen molar-refractivity contribution < 1.29 is 13.9 Å². The van der Waals surface area contributed by atoms with E-state index in [1.165, 1.54) is 18.2 Å². The minimum absolute atomic E-state index is 0. The summed E-state index contributed by atoms with van der Waals surface area (Å²) in [5.41, 5.74) is 0.234. The second kappa shape index (κ2) is 11.2. The van der Waals surface area contributed by atoms with Gasteiger partial charge in [-0.05, 0) is 52.3 Å². The molecule has 9 heteroatoms. The lowest BCUT2D eigenvalue weighted by atomic mass is 10.1. The molecule has 7 nitrogen and oxygen atoms in total. The van der Waals surface area contributed by atoms with Crippen LogP contribution in [-0.4, -0.2) is 48.2 Å². The number of hydrogen-bond acceptors (Lipinski definition) is 4. The lowest BCUT2D eigenvalue weighted by Gasteiger charge is -2.23. The topological polar surface area (TPSA) is 89.8 Å². The molecule has 0 spiro atoms. The van der Waals surface area contributed by atoms with Crippen LogP contribution >= 0.6 is 24.0 Å². The number of carbonyl (C=O) groups excluding carboxylic acids is 1. The molecule has 1 aliphatic heterocycles. The Morgan fingerprint density at radius 3 is 2.79 bits per heavy atom. The van der Waals surface area contributed by atoms with Crippen molar-refractivity contribution in [2.75, 3.05) is 19.6 Å². The van der Waals surface area contributed by atoms with E-state index in [2.05, 4.69) is 15.6 Å². The average molecular weight is 517 g/mol. The number of ether oxygens (including phenoxy) is 1. The molecule has 1 aromatic carbocycles. The molecule has 29 heavy (non-hydrogen) atoms. The Hall–Kier alpha value is -2.09. The molecule has 1 saturated heterocycles. The van der Waals surface area contributed by atoms with Crippen molar-refractivity contribution >= 4 is 36.0 Å². The van der Waals surface area contributed by atoms with E-state index in [9.17, 15) is 9.18 Å². The number of guanidine groups is 1. The number of halogens is 2. The summed E-state index contributed by atoms with van der Waals surface area (Å²) in [7, 11) is 0. The van der Waals surface area contributed by atoms with E-state index in [0.29, 0.717) is 36.7 Å². The van der Waals surface area contributed by atoms with Gasteiger partial charge >= 0.3 is 6.09 Å². The number of amides is 1. The van der Waals surface area contributed by atoms with Crippen LogP contribution in [0.3, 0.4) is 0 Å². The molecule has 0 radical (unpaired) electrons. The third-order valence-electron chi connectivity index (χ3n) is 4.12. The van der Waals surface area contributed by atoms with Crippen LogP contribution in [0.5, 0.6) is 0 Å². The molecule has 0 saturated carbocycles. The fraction of sp³-hybridized carbons (Fsp3) is 0.550. The number of aliphatic imine (C=N–C) groups is 1. The summed E-state index contributed by atoms with van der Waals surface area (Å²) in [6.45, 7) is 9.53. The third-order valence-corrected chi connectivity index (χ3v) is 4.12. The van der Waals surface area contributed by atoms with Crippen LogP contribution in [0.25, 0.3) is 0 Å². The van der Waals surface area contributed by atoms with E-state index < -0.39 is 11.7 Å². The maximum Gasteiger partial charge on any atom is 0.407 e. The monoisotopic (exact) mass is 517 g/mol. The first-order chi connectivity index (χ1) is 13.2. The van der Waals surface area contributed by atoms with Gasteiger partial charge in [0.15, 0.2) is 5.96 Å². The molecule has 1 heterocycles. The maximum atomic E-state index is 14.0. The Kier molecular flexibility index (Phi) is 9.62. The second-order valence-corrected chi connectivity index (χ2v) is 7.67. The van der Waals surface area contributed by atoms with Crippen LogP contribution in [0.1, 0.15) is 45.2 Å². The zero-order valence-electron chi connectivity index (χ0n) is 17.3. The van der Waals surface area contributed by atoms with Crippen LogP contribution in [-0.2, 0) is 11.3 Å². The summed E-state index contributed by atoms with van der Waals surface area (Å²) in [6.07, 6.45) is 0.332. The fourth-order valence-electron chi connectivity index (χ4n) is 2.90. The molecule has 0 aliphatic carbocycles. The summed E-state index contributed by atoms with van der Waals surface area (Å²) >= 11 is 0. The van der Waals surface area contributed by atoms with Crippen LogP contribution in [0.2, 0.25) is 0 Å². The highest BCUT2D eigenvalue weighted by Gasteiger charge is 2.27. The molecular weight excluding hydrogens is 488 g/mol. The van der Waals surface area contributed by atoms with E-state index in [4.69, 9.17) is 10.00 Å². The van der Waals surface area contributed by atoms with Crippen molar-refractivity contribution in [3.63, 3.8) is 0 Å². The van der Waals surface area contributed by atoms with E-state index in [-0.39, 0.29) is 42.4 Å². The van der Waals surface area contributed by atoms with Gasteiger partial charge in [0.2, 0.25) is 0 Å². The molecule has 2 N–H and O–H groups in total. The van der Waals surface area contributed by atoms with Crippen molar-refractivity contribution in [3.8, 4) is 6.07 Å². The second-order valence-electron chi connectivity index (χ2n) is 7.67. The first-order valence-corrected chi connectivity index (χ1v) is 9.43. The van der Waals surface area contributed by atoms with Gasteiger partial charge < -0.3 is 20.3 Å². The molecule has 0 aromatic heterocycles. The van der Waals surface area contributed by atoms with Gasteiger partial charge in [0.1, 0.15) is 11.4 Å². The van der Waals surface area contributed by atoms with Crippen molar-refractivity contribution in [2.24, 2.45) is 4.99 Å². The summed E-state index contributed by atoms with van der Waals surface area (Å²) in [5, 5.41) is 15.1. The highest BCUT2D eigenvalue weighted by Crippen LogP contribution is 2.14. The van der Waals surface area contributed by atoms with Gasteiger partial charge in [0, 0.05) is 25.2 Å². The van der Waals surface area contributed by atoms with Crippen molar-refractivity contribution in [1.82, 2.24) is 15.5 Å². The van der Waals surface area contributed by atoms with Crippen LogP contribution in [0.15, 0.2) is 23.2 Å². The Labute approximate surface area is 188 Å². The minimum Gasteiger partial charge on any atom is -0.444 e. The predicted octanol–water partition coefficient (Wildman–Crippen LogP) is 3.38. The van der Waals surface area contributed by atoms with Gasteiger partial charge in [0.25, 0.3) is 0 Å². The van der Waals surface area contributed by atoms with Gasteiger partial charge in [-0.25, -0.2) is 14.2 Å². The summed E-state index contributed by atoms with van der Waals surface area (Å²) in [6, 6.07) is 6.21. The van der Waals surface area contributed by atoms with Gasteiger partial charge in [-0.15, -0.1) is 24.0 Å². The Morgan fingerprint density at radius 1 is 1.45 bits per heavy atom. The fourth-order valence-corrected chi connectivity index (χ4v) is 2.90. The zero-order valence-corrected chi connectivity index (χ0v) is 19.6. The highest BCUT2D eigenvalue weighted by molar-refractivity contribution is 14.0. The molecule has 1 fully saturated rings. The Morgan fingerprint density at radius 2 is 2.17 bits per heavy atom. The summed E-state index contributed by atoms with van der Waals surface area (Å²) < 4.78 is 19.3. The lowest BCUT2D eigenvalue weighted by Crippen LogP contribution is -2.44. The van der Waals surface area contributed by atoms with E-state index in [1.54, 1.807) is 0 Å². The molecule has 2 rings (SSSR count). The van der Waals surface area contributed by atoms with Gasteiger partial charge in [-0.3, -0.25) is 0 Å². The van der Waals surface area contributed by atoms with E-state index >= 15 is 0 Å². The highest BCUT2D eigenvalue weighted by atomic mass is 127. The van der Waals surface area contributed by atoms with Crippen LogP contribution in [0, 0.1) is 17.1 Å². The number of benzene rings is 1. The van der Waals surface area contributed by atoms with E-state index in [1.807, 2.05) is 38.7 Å². The Balaban J connectivity index is 0.00000420. The molecule has 1 amide bonds. The number of nitriles is 1. The zero-order chi connectivity index (χ0) is 20.7. The largest absolute Gasteiger partial charge is 0.444 e. The molecule has 160 valence electrons. The maximum absolute atomic E-state index is 14.0. The molecule has 1 aromatic rings. The molecular formula is C20H29FIN5O2. The van der Waals surface area contributed by atoms with Gasteiger partial charge in [-0.2, -0.15) is 5.26 Å². The third kappa shape index (κ3) is 8.04. The summed E-state index contributed by atoms with van der Waals surface area (Å²) in [4.78, 5) is 18.5. The standard InChI is InChI=1S/C20H28FN5O2.HI/c1-5-23-18(24-12-15-10-14(11-22)6-7-17(15)21)26-9-8-16(13-26)25-19(27)28-20(2,3)4;/h6-7,10,16H,5,8-9,12-13H2,1-4H3,(H,23,24)(H,25,27);1H.